The summed E-state index contributed by atoms with van der Waals surface area (Å²) >= 11 is 6.35. The zero-order valence-electron chi connectivity index (χ0n) is 13.6. The van der Waals surface area contributed by atoms with Gasteiger partial charge in [0.15, 0.2) is 0 Å². The molecular weight excluding hydrogens is 286 g/mol. The fourth-order valence-electron chi connectivity index (χ4n) is 3.05. The van der Waals surface area contributed by atoms with Crippen molar-refractivity contribution >= 4 is 11.6 Å². The van der Waals surface area contributed by atoms with E-state index in [-0.39, 0.29) is 6.04 Å². The van der Waals surface area contributed by atoms with Gasteiger partial charge in [0.05, 0.1) is 23.0 Å². The highest BCUT2D eigenvalue weighted by molar-refractivity contribution is 6.31. The van der Waals surface area contributed by atoms with Crippen molar-refractivity contribution in [1.29, 1.82) is 0 Å². The van der Waals surface area contributed by atoms with E-state index in [9.17, 15) is 0 Å². The first-order valence-electron chi connectivity index (χ1n) is 7.82. The minimum Gasteiger partial charge on any atom is -0.309 e. The van der Waals surface area contributed by atoms with Gasteiger partial charge < -0.3 is 15.1 Å². The number of aryl methyl sites for hydroxylation is 1. The lowest BCUT2D eigenvalue weighted by atomic mass is 10.0. The molecule has 1 N–H and O–H groups in total. The molecule has 2 unspecified atom stereocenters. The van der Waals surface area contributed by atoms with Crippen molar-refractivity contribution in [2.75, 3.05) is 40.3 Å². The summed E-state index contributed by atoms with van der Waals surface area (Å²) in [7, 11) is 6.39. The molecule has 1 aromatic heterocycles. The molecule has 0 aromatic carbocycles. The Morgan fingerprint density at radius 3 is 2.76 bits per heavy atom. The molecule has 1 fully saturated rings. The van der Waals surface area contributed by atoms with Gasteiger partial charge in [-0.05, 0) is 33.5 Å². The summed E-state index contributed by atoms with van der Waals surface area (Å²) in [5.74, 6) is 0. The van der Waals surface area contributed by atoms with Crippen LogP contribution in [0.5, 0.6) is 0 Å². The van der Waals surface area contributed by atoms with E-state index in [1.165, 1.54) is 0 Å². The number of nitrogens with one attached hydrogen (secondary N) is 1. The highest BCUT2D eigenvalue weighted by Crippen LogP contribution is 2.27. The van der Waals surface area contributed by atoms with Gasteiger partial charge in [-0.15, -0.1) is 0 Å². The largest absolute Gasteiger partial charge is 0.309 e. The Balaban J connectivity index is 2.12. The van der Waals surface area contributed by atoms with E-state index in [0.717, 1.165) is 49.7 Å². The van der Waals surface area contributed by atoms with Crippen molar-refractivity contribution in [1.82, 2.24) is 24.9 Å². The molecule has 0 amide bonds. The van der Waals surface area contributed by atoms with Crippen LogP contribution < -0.4 is 5.32 Å². The van der Waals surface area contributed by atoms with E-state index < -0.39 is 0 Å². The Hall–Kier alpha value is -0.620. The molecule has 6 heteroatoms. The average Bonchev–Trinajstić information content (AvgIpc) is 2.78. The molecule has 21 heavy (non-hydrogen) atoms. The first kappa shape index (κ1) is 16.7. The Morgan fingerprint density at radius 2 is 2.14 bits per heavy atom. The van der Waals surface area contributed by atoms with E-state index in [4.69, 9.17) is 11.6 Å². The summed E-state index contributed by atoms with van der Waals surface area (Å²) in [6.07, 6.45) is 3.92. The fourth-order valence-corrected chi connectivity index (χ4v) is 3.35. The first-order chi connectivity index (χ1) is 10.0. The topological polar surface area (TPSA) is 36.3 Å². The third-order valence-electron chi connectivity index (χ3n) is 4.40. The SMILES string of the molecule is CCCNC(CC1CN(C)CCN1C)c1c(Cl)cnn1C. The lowest BCUT2D eigenvalue weighted by molar-refractivity contribution is 0.100. The van der Waals surface area contributed by atoms with Crippen LogP contribution in [0.15, 0.2) is 6.20 Å². The lowest BCUT2D eigenvalue weighted by Crippen LogP contribution is -2.51. The summed E-state index contributed by atoms with van der Waals surface area (Å²) in [4.78, 5) is 4.87. The standard InChI is InChI=1S/C15H28ClN5/c1-5-6-17-14(15-13(16)10-18-21(15)4)9-12-11-19(2)7-8-20(12)3/h10,12,14,17H,5-9,11H2,1-4H3. The van der Waals surface area contributed by atoms with Gasteiger partial charge >= 0.3 is 0 Å². The quantitative estimate of drug-likeness (QED) is 0.868. The van der Waals surface area contributed by atoms with Crippen LogP contribution in [0.3, 0.4) is 0 Å². The van der Waals surface area contributed by atoms with Gasteiger partial charge in [0.2, 0.25) is 0 Å². The summed E-state index contributed by atoms with van der Waals surface area (Å²) in [5.41, 5.74) is 1.10. The molecule has 120 valence electrons. The van der Waals surface area contributed by atoms with E-state index in [1.54, 1.807) is 6.20 Å². The maximum Gasteiger partial charge on any atom is 0.0834 e. The molecule has 2 heterocycles. The molecule has 1 aromatic rings. The zero-order chi connectivity index (χ0) is 15.4. The van der Waals surface area contributed by atoms with Gasteiger partial charge in [0.1, 0.15) is 0 Å². The van der Waals surface area contributed by atoms with E-state index in [2.05, 4.69) is 41.2 Å². The monoisotopic (exact) mass is 313 g/mol. The molecular formula is C15H28ClN5. The Morgan fingerprint density at radius 1 is 1.38 bits per heavy atom. The van der Waals surface area contributed by atoms with Gasteiger partial charge in [-0.3, -0.25) is 4.68 Å². The summed E-state index contributed by atoms with van der Waals surface area (Å²) in [6.45, 7) is 6.57. The summed E-state index contributed by atoms with van der Waals surface area (Å²) in [5, 5.41) is 8.70. The molecule has 2 rings (SSSR count). The van der Waals surface area contributed by atoms with Crippen LogP contribution in [0.4, 0.5) is 0 Å². The van der Waals surface area contributed by atoms with Crippen LogP contribution in [0.1, 0.15) is 31.5 Å². The number of aromatic nitrogens is 2. The number of hydrogen-bond donors (Lipinski definition) is 1. The maximum atomic E-state index is 6.35. The van der Waals surface area contributed by atoms with Crippen molar-refractivity contribution in [2.45, 2.75) is 31.8 Å². The number of rotatable bonds is 6. The van der Waals surface area contributed by atoms with Crippen LogP contribution in [0.2, 0.25) is 5.02 Å². The van der Waals surface area contributed by atoms with Gasteiger partial charge in [0.25, 0.3) is 0 Å². The molecule has 0 bridgehead atoms. The molecule has 2 atom stereocenters. The second kappa shape index (κ2) is 7.58. The van der Waals surface area contributed by atoms with Crippen molar-refractivity contribution in [3.63, 3.8) is 0 Å². The first-order valence-corrected chi connectivity index (χ1v) is 8.20. The van der Waals surface area contributed by atoms with E-state index in [1.807, 2.05) is 11.7 Å². The van der Waals surface area contributed by atoms with Gasteiger partial charge in [-0.1, -0.05) is 18.5 Å². The minimum absolute atomic E-state index is 0.254. The van der Waals surface area contributed by atoms with Gasteiger partial charge in [-0.25, -0.2) is 0 Å². The molecule has 0 spiro atoms. The number of piperazine rings is 1. The zero-order valence-corrected chi connectivity index (χ0v) is 14.4. The second-order valence-corrected chi connectivity index (χ2v) is 6.55. The molecule has 0 saturated carbocycles. The van der Waals surface area contributed by atoms with Crippen LogP contribution >= 0.6 is 11.6 Å². The summed E-state index contributed by atoms with van der Waals surface area (Å²) in [6, 6.07) is 0.799. The Labute approximate surface area is 133 Å². The fraction of sp³-hybridized carbons (Fsp3) is 0.800. The predicted molar refractivity (Wildman–Crippen MR) is 87.8 cm³/mol. The number of hydrogen-bond acceptors (Lipinski definition) is 4. The van der Waals surface area contributed by atoms with E-state index in [0.29, 0.717) is 6.04 Å². The van der Waals surface area contributed by atoms with Crippen molar-refractivity contribution < 1.29 is 0 Å². The van der Waals surface area contributed by atoms with Gasteiger partial charge in [0, 0.05) is 32.7 Å². The lowest BCUT2D eigenvalue weighted by Gasteiger charge is -2.39. The van der Waals surface area contributed by atoms with Crippen LogP contribution in [-0.4, -0.2) is 65.9 Å². The maximum absolute atomic E-state index is 6.35. The van der Waals surface area contributed by atoms with Crippen LogP contribution in [0.25, 0.3) is 0 Å². The predicted octanol–water partition coefficient (Wildman–Crippen LogP) is 1.75. The minimum atomic E-state index is 0.254. The number of nitrogens with zero attached hydrogens (tertiary/aromatic N) is 4. The molecule has 1 saturated heterocycles. The van der Waals surface area contributed by atoms with Crippen LogP contribution in [-0.2, 0) is 7.05 Å². The molecule has 5 nitrogen and oxygen atoms in total. The van der Waals surface area contributed by atoms with Gasteiger partial charge in [-0.2, -0.15) is 5.10 Å². The Bertz CT molecular complexity index is 428. The average molecular weight is 314 g/mol. The highest BCUT2D eigenvalue weighted by atomic mass is 35.5. The Kier molecular flexibility index (Phi) is 6.05. The normalized spacial score (nSPS) is 22.6. The molecule has 1 aliphatic rings. The summed E-state index contributed by atoms with van der Waals surface area (Å²) < 4.78 is 1.90. The highest BCUT2D eigenvalue weighted by Gasteiger charge is 2.28. The van der Waals surface area contributed by atoms with Crippen molar-refractivity contribution in [2.24, 2.45) is 7.05 Å². The smallest absolute Gasteiger partial charge is 0.0834 e. The number of halogens is 1. The molecule has 1 aliphatic heterocycles. The van der Waals surface area contributed by atoms with Crippen LogP contribution in [0, 0.1) is 0 Å². The molecule has 0 radical (unpaired) electrons. The van der Waals surface area contributed by atoms with E-state index >= 15 is 0 Å². The van der Waals surface area contributed by atoms with Crippen molar-refractivity contribution in [3.05, 3.63) is 16.9 Å². The third kappa shape index (κ3) is 4.19. The second-order valence-electron chi connectivity index (χ2n) is 6.14. The third-order valence-corrected chi connectivity index (χ3v) is 4.69. The molecule has 0 aliphatic carbocycles. The van der Waals surface area contributed by atoms with Crippen molar-refractivity contribution in [3.8, 4) is 0 Å². The number of likely N-dealkylation sites (N-methyl/N-ethyl adjacent to an activating group) is 2.